The Morgan fingerprint density at radius 2 is 0.229 bits per heavy atom. The van der Waals surface area contributed by atoms with Gasteiger partial charge in [0, 0.05) is 55.5 Å². The van der Waals surface area contributed by atoms with Crippen LogP contribution in [0.4, 0.5) is 0 Å². The number of hydrogen-bond acceptors (Lipinski definition) is 9. The van der Waals surface area contributed by atoms with Crippen molar-refractivity contribution in [1.82, 2.24) is 44.9 Å². The van der Waals surface area contributed by atoms with Crippen LogP contribution >= 0.6 is 0 Å². The highest BCUT2D eigenvalue weighted by Gasteiger charge is 2.24. The van der Waals surface area contributed by atoms with Crippen molar-refractivity contribution in [2.45, 2.75) is 0 Å². The van der Waals surface area contributed by atoms with Crippen LogP contribution in [0.1, 0.15) is 0 Å². The van der Waals surface area contributed by atoms with E-state index in [-0.39, 0.29) is 0 Å². The van der Waals surface area contributed by atoms with E-state index >= 15 is 0 Å². The first kappa shape index (κ1) is 86.2. The molecular weight excluding hydrogens is 1750 g/mol. The van der Waals surface area contributed by atoms with E-state index in [0.29, 0.717) is 52.4 Å². The molecule has 0 fully saturated rings. The Balaban J connectivity index is 0.000000113. The molecule has 0 atom stereocenters. The van der Waals surface area contributed by atoms with Crippen LogP contribution in [0.3, 0.4) is 0 Å². The predicted molar refractivity (Wildman–Crippen MR) is 599 cm³/mol. The summed E-state index contributed by atoms with van der Waals surface area (Å²) in [6.45, 7) is 0. The van der Waals surface area contributed by atoms with Crippen molar-refractivity contribution in [2.75, 3.05) is 0 Å². The van der Waals surface area contributed by atoms with Crippen LogP contribution in [0, 0.1) is 0 Å². The first-order valence-corrected chi connectivity index (χ1v) is 48.6. The molecule has 0 N–H and O–H groups in total. The molecule has 0 bridgehead atoms. The lowest BCUT2D eigenvalue weighted by Gasteiger charge is -2.15. The van der Waals surface area contributed by atoms with Gasteiger partial charge in [0.05, 0.1) is 0 Å². The summed E-state index contributed by atoms with van der Waals surface area (Å²) in [5.74, 6) is 5.80. The number of aromatic nitrogens is 9. The molecule has 0 aliphatic heterocycles. The van der Waals surface area contributed by atoms with Crippen molar-refractivity contribution in [3.05, 3.63) is 528 Å². The third kappa shape index (κ3) is 16.8. The Kier molecular flexibility index (Phi) is 22.9. The van der Waals surface area contributed by atoms with Gasteiger partial charge in [-0.25, -0.2) is 44.9 Å². The summed E-state index contributed by atoms with van der Waals surface area (Å²) >= 11 is 0. The lowest BCUT2D eigenvalue weighted by atomic mass is 9.89. The van der Waals surface area contributed by atoms with Gasteiger partial charge in [-0.15, -0.1) is 0 Å². The van der Waals surface area contributed by atoms with E-state index in [0.717, 1.165) is 100.0 Å². The molecule has 0 saturated heterocycles. The second-order valence-electron chi connectivity index (χ2n) is 36.1. The molecule has 27 rings (SSSR count). The second-order valence-corrected chi connectivity index (χ2v) is 36.1. The Morgan fingerprint density at radius 3 is 0.500 bits per heavy atom. The Morgan fingerprint density at radius 1 is 0.0833 bits per heavy atom. The topological polar surface area (TPSA) is 116 Å². The van der Waals surface area contributed by atoms with Crippen molar-refractivity contribution in [3.8, 4) is 169 Å². The van der Waals surface area contributed by atoms with Crippen LogP contribution in [0.15, 0.2) is 528 Å². The molecule has 24 aromatic carbocycles. The first-order valence-electron chi connectivity index (χ1n) is 48.6. The van der Waals surface area contributed by atoms with Gasteiger partial charge in [0.2, 0.25) is 0 Å². The zero-order valence-electron chi connectivity index (χ0n) is 78.3. The summed E-state index contributed by atoms with van der Waals surface area (Å²) in [5.41, 5.74) is 22.3. The van der Waals surface area contributed by atoms with Gasteiger partial charge in [-0.1, -0.05) is 504 Å². The maximum absolute atomic E-state index is 5.21. The van der Waals surface area contributed by atoms with E-state index in [9.17, 15) is 0 Å². The summed E-state index contributed by atoms with van der Waals surface area (Å²) in [6.07, 6.45) is 0. The van der Waals surface area contributed by atoms with E-state index in [1.165, 1.54) is 114 Å². The monoisotopic (exact) mass is 1830 g/mol. The van der Waals surface area contributed by atoms with Gasteiger partial charge in [0.15, 0.2) is 52.4 Å². The van der Waals surface area contributed by atoms with Gasteiger partial charge in [0.1, 0.15) is 0 Å². The standard InChI is InChI=1S/3C45H29N3/c1-3-14-30(15-4-1)32-18-11-20-34(28-32)44-46-43(31-16-5-2-6-17-31)47-45(48-44)35-21-12-19-33(29-35)36-26-13-27-41-39-23-8-7-22-37(39)38-24-9-10-25-40(38)42(36)41;1-3-13-30(14-4-1)31-25-27-33(28-26-31)44-46-43(32-15-5-2-6-16-32)47-45(48-44)35-18-11-17-34(29-35)36-23-12-24-41-39-20-8-7-19-37(39)38-21-9-10-22-40(38)42(36)41;1-3-13-30(14-4-1)32-25-27-33(28-26-32)43-46-44(35-18-11-17-34(29-35)31-15-5-2-6-16-31)48-45(47-43)41-24-12-23-40-38-20-8-7-19-36(38)37-21-9-10-22-39(37)42(40)41/h3*1-29H. The summed E-state index contributed by atoms with van der Waals surface area (Å²) in [5, 5.41) is 22.3. The third-order valence-electron chi connectivity index (χ3n) is 27.3. The van der Waals surface area contributed by atoms with Gasteiger partial charge in [0.25, 0.3) is 0 Å². The summed E-state index contributed by atoms with van der Waals surface area (Å²) in [4.78, 5) is 45.7. The highest BCUT2D eigenvalue weighted by molar-refractivity contribution is 6.31. The molecule has 0 aliphatic rings. The highest BCUT2D eigenvalue weighted by Crippen LogP contribution is 2.47. The van der Waals surface area contributed by atoms with E-state index in [1.807, 2.05) is 84.9 Å². The molecule has 0 radical (unpaired) electrons. The molecular formula is C135H87N9. The zero-order valence-corrected chi connectivity index (χ0v) is 78.3. The number of fused-ring (bicyclic) bond motifs is 18. The Bertz CT molecular complexity index is 9410. The number of rotatable bonds is 15. The lowest BCUT2D eigenvalue weighted by Crippen LogP contribution is -2.01. The summed E-state index contributed by atoms with van der Waals surface area (Å²) < 4.78 is 0. The van der Waals surface area contributed by atoms with Crippen LogP contribution < -0.4 is 0 Å². The van der Waals surface area contributed by atoms with Gasteiger partial charge in [-0.2, -0.15) is 0 Å². The molecule has 9 heteroatoms. The normalized spacial score (nSPS) is 11.3. The molecule has 3 heterocycles. The fourth-order valence-electron chi connectivity index (χ4n) is 20.5. The van der Waals surface area contributed by atoms with Crippen molar-refractivity contribution < 1.29 is 0 Å². The highest BCUT2D eigenvalue weighted by atomic mass is 15.1. The maximum atomic E-state index is 5.21. The molecule has 0 amide bonds. The van der Waals surface area contributed by atoms with Crippen molar-refractivity contribution >= 4 is 97.0 Å². The van der Waals surface area contributed by atoms with Gasteiger partial charge in [-0.3, -0.25) is 0 Å². The molecule has 27 aromatic rings. The predicted octanol–water partition coefficient (Wildman–Crippen LogP) is 35.0. The minimum absolute atomic E-state index is 0.640. The zero-order chi connectivity index (χ0) is 95.6. The van der Waals surface area contributed by atoms with Crippen LogP contribution in [0.2, 0.25) is 0 Å². The fourth-order valence-corrected chi connectivity index (χ4v) is 20.5. The second kappa shape index (κ2) is 38.2. The molecule has 672 valence electrons. The number of hydrogen-bond donors (Lipinski definition) is 0. The van der Waals surface area contributed by atoms with Gasteiger partial charge < -0.3 is 0 Å². The average Bonchev–Trinajstić information content (AvgIpc) is 0.738. The van der Waals surface area contributed by atoms with E-state index < -0.39 is 0 Å². The number of nitrogens with zero attached hydrogens (tertiary/aromatic N) is 9. The van der Waals surface area contributed by atoms with Crippen LogP contribution in [-0.4, -0.2) is 44.9 Å². The molecule has 3 aromatic heterocycles. The minimum atomic E-state index is 0.640. The fraction of sp³-hybridized carbons (Fsp3) is 0. The quantitative estimate of drug-likeness (QED) is 0.0925. The molecule has 144 heavy (non-hydrogen) atoms. The summed E-state index contributed by atoms with van der Waals surface area (Å²) in [6, 6.07) is 185. The van der Waals surface area contributed by atoms with E-state index in [1.54, 1.807) is 0 Å². The van der Waals surface area contributed by atoms with Crippen LogP contribution in [0.25, 0.3) is 266 Å². The van der Waals surface area contributed by atoms with Crippen molar-refractivity contribution in [2.24, 2.45) is 0 Å². The van der Waals surface area contributed by atoms with Gasteiger partial charge in [-0.05, 0) is 183 Å². The first-order chi connectivity index (χ1) is 71.4. The average molecular weight is 1840 g/mol. The summed E-state index contributed by atoms with van der Waals surface area (Å²) in [7, 11) is 0. The van der Waals surface area contributed by atoms with Gasteiger partial charge >= 0.3 is 0 Å². The van der Waals surface area contributed by atoms with Crippen molar-refractivity contribution in [3.63, 3.8) is 0 Å². The Hall–Kier alpha value is -19.4. The molecule has 0 unspecified atom stereocenters. The van der Waals surface area contributed by atoms with Crippen molar-refractivity contribution in [1.29, 1.82) is 0 Å². The van der Waals surface area contributed by atoms with E-state index in [2.05, 4.69) is 443 Å². The third-order valence-corrected chi connectivity index (χ3v) is 27.3. The lowest BCUT2D eigenvalue weighted by molar-refractivity contribution is 1.07. The molecule has 0 spiro atoms. The number of benzene rings is 24. The minimum Gasteiger partial charge on any atom is -0.208 e. The smallest absolute Gasteiger partial charge is 0.164 e. The van der Waals surface area contributed by atoms with Crippen LogP contribution in [0.5, 0.6) is 0 Å². The SMILES string of the molecule is c1ccc(-c2ccc(-c3nc(-c4cccc(-c5ccccc5)c4)nc(-c4cccc5c6ccccc6c6ccccc6c45)n3)cc2)cc1.c1ccc(-c2ccc(-c3nc(-c4ccccc4)nc(-c4cccc(-c5cccc6c7ccccc7c7ccccc7c56)c4)n3)cc2)cc1.c1ccc(-c2cccc(-c3nc(-c4ccccc4)nc(-c4cccc(-c5cccc6c7ccccc7c7ccccc7c56)c4)n3)c2)cc1. The molecule has 0 saturated carbocycles. The Labute approximate surface area is 833 Å². The molecule has 0 aliphatic carbocycles. The molecule has 9 nitrogen and oxygen atoms in total. The maximum Gasteiger partial charge on any atom is 0.164 e. The van der Waals surface area contributed by atoms with E-state index in [4.69, 9.17) is 44.9 Å². The largest absolute Gasteiger partial charge is 0.208 e. The van der Waals surface area contributed by atoms with Crippen LogP contribution in [-0.2, 0) is 0 Å².